The average Bonchev–Trinajstić information content (AvgIpc) is 2.70. The fourth-order valence-corrected chi connectivity index (χ4v) is 2.56. The molecule has 2 nitrogen and oxygen atoms in total. The van der Waals surface area contributed by atoms with Crippen LogP contribution >= 0.6 is 23.2 Å². The SMILES string of the molecule is CCc1c(CNC(C)(C)C)oc2c(Cl)ccc(Cl)c12. The summed E-state index contributed by atoms with van der Waals surface area (Å²) in [5, 5.41) is 5.68. The van der Waals surface area contributed by atoms with E-state index in [2.05, 4.69) is 33.0 Å². The summed E-state index contributed by atoms with van der Waals surface area (Å²) in [6.45, 7) is 9.15. The van der Waals surface area contributed by atoms with E-state index in [4.69, 9.17) is 27.6 Å². The minimum atomic E-state index is 0.0393. The molecule has 0 aliphatic heterocycles. The molecule has 104 valence electrons. The van der Waals surface area contributed by atoms with E-state index in [1.54, 1.807) is 6.07 Å². The van der Waals surface area contributed by atoms with Gasteiger partial charge < -0.3 is 9.73 Å². The van der Waals surface area contributed by atoms with Gasteiger partial charge in [-0.1, -0.05) is 30.1 Å². The van der Waals surface area contributed by atoms with Crippen molar-refractivity contribution in [1.82, 2.24) is 5.32 Å². The summed E-state index contributed by atoms with van der Waals surface area (Å²) in [6.07, 6.45) is 0.869. The molecule has 0 saturated carbocycles. The highest BCUT2D eigenvalue weighted by atomic mass is 35.5. The predicted octanol–water partition coefficient (Wildman–Crippen LogP) is 5.19. The number of halogens is 2. The molecular weight excluding hydrogens is 281 g/mol. The summed E-state index contributed by atoms with van der Waals surface area (Å²) >= 11 is 12.5. The van der Waals surface area contributed by atoms with Crippen LogP contribution in [0.25, 0.3) is 11.0 Å². The van der Waals surface area contributed by atoms with Gasteiger partial charge in [-0.25, -0.2) is 0 Å². The zero-order valence-electron chi connectivity index (χ0n) is 11.7. The van der Waals surface area contributed by atoms with Gasteiger partial charge in [0.1, 0.15) is 5.76 Å². The Morgan fingerprint density at radius 3 is 2.37 bits per heavy atom. The second-order valence-corrected chi connectivity index (χ2v) is 6.51. The van der Waals surface area contributed by atoms with E-state index in [1.807, 2.05) is 6.07 Å². The van der Waals surface area contributed by atoms with Crippen molar-refractivity contribution in [2.24, 2.45) is 0 Å². The summed E-state index contributed by atoms with van der Waals surface area (Å²) in [4.78, 5) is 0. The van der Waals surface area contributed by atoms with Crippen LogP contribution in [0.4, 0.5) is 0 Å². The Hall–Kier alpha value is -0.700. The molecule has 1 aromatic carbocycles. The lowest BCUT2D eigenvalue weighted by Crippen LogP contribution is -2.35. The molecule has 0 amide bonds. The highest BCUT2D eigenvalue weighted by Crippen LogP contribution is 2.36. The summed E-state index contributed by atoms with van der Waals surface area (Å²) in [7, 11) is 0. The third kappa shape index (κ3) is 3.07. The molecule has 0 aliphatic carbocycles. The summed E-state index contributed by atoms with van der Waals surface area (Å²) in [6, 6.07) is 3.60. The van der Waals surface area contributed by atoms with Crippen molar-refractivity contribution in [3.63, 3.8) is 0 Å². The van der Waals surface area contributed by atoms with Crippen LogP contribution in [0.3, 0.4) is 0 Å². The Kier molecular flexibility index (Phi) is 4.14. The molecule has 1 aromatic heterocycles. The predicted molar refractivity (Wildman–Crippen MR) is 82.2 cm³/mol. The Bertz CT molecular complexity index is 596. The van der Waals surface area contributed by atoms with E-state index in [-0.39, 0.29) is 5.54 Å². The van der Waals surface area contributed by atoms with Crippen LogP contribution < -0.4 is 5.32 Å². The topological polar surface area (TPSA) is 25.2 Å². The maximum absolute atomic E-state index is 6.28. The van der Waals surface area contributed by atoms with E-state index >= 15 is 0 Å². The first-order valence-electron chi connectivity index (χ1n) is 6.46. The smallest absolute Gasteiger partial charge is 0.154 e. The molecular formula is C15H19Cl2NO. The van der Waals surface area contributed by atoms with Gasteiger partial charge in [-0.15, -0.1) is 0 Å². The molecule has 0 radical (unpaired) electrons. The van der Waals surface area contributed by atoms with Gasteiger partial charge in [0.05, 0.1) is 16.6 Å². The van der Waals surface area contributed by atoms with Crippen molar-refractivity contribution < 1.29 is 4.42 Å². The van der Waals surface area contributed by atoms with E-state index in [0.717, 1.165) is 23.1 Å². The van der Waals surface area contributed by atoms with E-state index in [0.29, 0.717) is 22.2 Å². The number of hydrogen-bond donors (Lipinski definition) is 1. The molecule has 2 rings (SSSR count). The van der Waals surface area contributed by atoms with Gasteiger partial charge in [0.15, 0.2) is 5.58 Å². The van der Waals surface area contributed by atoms with Crippen molar-refractivity contribution in [1.29, 1.82) is 0 Å². The number of hydrogen-bond acceptors (Lipinski definition) is 2. The highest BCUT2D eigenvalue weighted by molar-refractivity contribution is 6.40. The van der Waals surface area contributed by atoms with Crippen LogP contribution in [-0.2, 0) is 13.0 Å². The fraction of sp³-hybridized carbons (Fsp3) is 0.467. The Labute approximate surface area is 124 Å². The van der Waals surface area contributed by atoms with Gasteiger partial charge in [0.25, 0.3) is 0 Å². The van der Waals surface area contributed by atoms with Gasteiger partial charge in [0.2, 0.25) is 0 Å². The van der Waals surface area contributed by atoms with Gasteiger partial charge in [0, 0.05) is 16.5 Å². The largest absolute Gasteiger partial charge is 0.458 e. The number of furan rings is 1. The maximum atomic E-state index is 6.28. The minimum absolute atomic E-state index is 0.0393. The van der Waals surface area contributed by atoms with Crippen LogP contribution in [0.5, 0.6) is 0 Å². The first-order valence-corrected chi connectivity index (χ1v) is 7.22. The van der Waals surface area contributed by atoms with Crippen LogP contribution in [0.15, 0.2) is 16.5 Å². The van der Waals surface area contributed by atoms with E-state index < -0.39 is 0 Å². The zero-order valence-corrected chi connectivity index (χ0v) is 13.2. The molecule has 2 aromatic rings. The number of nitrogens with one attached hydrogen (secondary N) is 1. The summed E-state index contributed by atoms with van der Waals surface area (Å²) < 4.78 is 5.92. The van der Waals surface area contributed by atoms with Gasteiger partial charge in [-0.2, -0.15) is 0 Å². The lowest BCUT2D eigenvalue weighted by Gasteiger charge is -2.19. The van der Waals surface area contributed by atoms with Gasteiger partial charge in [-0.05, 0) is 39.3 Å². The molecule has 1 heterocycles. The standard InChI is InChI=1S/C15H19Cl2NO/c1-5-9-12(8-18-15(2,3)4)19-14-11(17)7-6-10(16)13(9)14/h6-7,18H,5,8H2,1-4H3. The quantitative estimate of drug-likeness (QED) is 0.843. The molecule has 0 saturated heterocycles. The van der Waals surface area contributed by atoms with Crippen molar-refractivity contribution in [2.75, 3.05) is 0 Å². The third-order valence-electron chi connectivity index (χ3n) is 3.06. The van der Waals surface area contributed by atoms with E-state index in [1.165, 1.54) is 0 Å². The van der Waals surface area contributed by atoms with Gasteiger partial charge in [-0.3, -0.25) is 0 Å². The molecule has 0 atom stereocenters. The minimum Gasteiger partial charge on any atom is -0.458 e. The summed E-state index contributed by atoms with van der Waals surface area (Å²) in [5.74, 6) is 0.919. The third-order valence-corrected chi connectivity index (χ3v) is 3.67. The van der Waals surface area contributed by atoms with Crippen molar-refractivity contribution in [3.8, 4) is 0 Å². The van der Waals surface area contributed by atoms with Crippen molar-refractivity contribution in [2.45, 2.75) is 46.2 Å². The number of aryl methyl sites for hydroxylation is 1. The molecule has 0 bridgehead atoms. The molecule has 1 N–H and O–H groups in total. The van der Waals surface area contributed by atoms with Crippen LogP contribution in [0.1, 0.15) is 39.0 Å². The lowest BCUT2D eigenvalue weighted by molar-refractivity contribution is 0.393. The first kappa shape index (κ1) is 14.7. The molecule has 19 heavy (non-hydrogen) atoms. The maximum Gasteiger partial charge on any atom is 0.154 e. The van der Waals surface area contributed by atoms with Crippen LogP contribution in [-0.4, -0.2) is 5.54 Å². The zero-order chi connectivity index (χ0) is 14.2. The second kappa shape index (κ2) is 5.35. The van der Waals surface area contributed by atoms with Crippen molar-refractivity contribution in [3.05, 3.63) is 33.5 Å². The molecule has 0 unspecified atom stereocenters. The normalized spacial score (nSPS) is 12.3. The fourth-order valence-electron chi connectivity index (χ4n) is 2.10. The summed E-state index contributed by atoms with van der Waals surface area (Å²) in [5.41, 5.74) is 1.87. The molecule has 0 spiro atoms. The van der Waals surface area contributed by atoms with E-state index in [9.17, 15) is 0 Å². The number of rotatable bonds is 3. The Balaban J connectivity index is 2.50. The Morgan fingerprint density at radius 1 is 1.16 bits per heavy atom. The van der Waals surface area contributed by atoms with Crippen molar-refractivity contribution >= 4 is 34.2 Å². The van der Waals surface area contributed by atoms with Crippen LogP contribution in [0, 0.1) is 0 Å². The highest BCUT2D eigenvalue weighted by Gasteiger charge is 2.19. The number of fused-ring (bicyclic) bond motifs is 1. The van der Waals surface area contributed by atoms with Crippen LogP contribution in [0.2, 0.25) is 10.0 Å². The Morgan fingerprint density at radius 2 is 1.79 bits per heavy atom. The first-order chi connectivity index (χ1) is 8.83. The lowest BCUT2D eigenvalue weighted by atomic mass is 10.1. The number of benzene rings is 1. The monoisotopic (exact) mass is 299 g/mol. The van der Waals surface area contributed by atoms with Gasteiger partial charge >= 0.3 is 0 Å². The second-order valence-electron chi connectivity index (χ2n) is 5.69. The molecule has 4 heteroatoms. The average molecular weight is 300 g/mol. The molecule has 0 fully saturated rings. The molecule has 0 aliphatic rings.